The lowest BCUT2D eigenvalue weighted by molar-refractivity contribution is 0.103. The van der Waals surface area contributed by atoms with Gasteiger partial charge in [0.05, 0.1) is 6.61 Å². The van der Waals surface area contributed by atoms with Crippen LogP contribution in [0.25, 0.3) is 0 Å². The van der Waals surface area contributed by atoms with Crippen molar-refractivity contribution in [3.05, 3.63) is 65.2 Å². The van der Waals surface area contributed by atoms with Gasteiger partial charge in [0.25, 0.3) is 0 Å². The zero-order valence-electron chi connectivity index (χ0n) is 9.26. The van der Waals surface area contributed by atoms with E-state index in [4.69, 9.17) is 10.8 Å². The fraction of sp³-hybridized carbons (Fsp3) is 0.0714. The van der Waals surface area contributed by atoms with Crippen molar-refractivity contribution in [2.75, 3.05) is 5.73 Å². The van der Waals surface area contributed by atoms with E-state index in [0.717, 1.165) is 0 Å². The summed E-state index contributed by atoms with van der Waals surface area (Å²) in [4.78, 5) is 12.2. The number of aliphatic hydroxyl groups excluding tert-OH is 1. The average molecular weight is 227 g/mol. The van der Waals surface area contributed by atoms with Crippen LogP contribution in [0, 0.1) is 0 Å². The first kappa shape index (κ1) is 11.4. The second kappa shape index (κ2) is 4.80. The fourth-order valence-electron chi connectivity index (χ4n) is 1.69. The Morgan fingerprint density at radius 2 is 1.76 bits per heavy atom. The van der Waals surface area contributed by atoms with Crippen LogP contribution in [0.1, 0.15) is 21.5 Å². The summed E-state index contributed by atoms with van der Waals surface area (Å²) in [6.45, 7) is -0.165. The molecule has 0 unspecified atom stereocenters. The molecule has 0 saturated carbocycles. The minimum atomic E-state index is -0.165. The van der Waals surface area contributed by atoms with Gasteiger partial charge in [0.1, 0.15) is 0 Å². The van der Waals surface area contributed by atoms with Crippen molar-refractivity contribution in [3.8, 4) is 0 Å². The SMILES string of the molecule is Nc1c(CO)cccc1C(=O)c1ccccc1. The molecule has 3 N–H and O–H groups in total. The molecule has 0 fully saturated rings. The summed E-state index contributed by atoms with van der Waals surface area (Å²) in [5.41, 5.74) is 7.80. The highest BCUT2D eigenvalue weighted by molar-refractivity contribution is 6.12. The molecule has 17 heavy (non-hydrogen) atoms. The van der Waals surface area contributed by atoms with E-state index in [1.54, 1.807) is 42.5 Å². The number of rotatable bonds is 3. The highest BCUT2D eigenvalue weighted by Gasteiger charge is 2.13. The molecule has 0 aromatic heterocycles. The van der Waals surface area contributed by atoms with Gasteiger partial charge in [-0.25, -0.2) is 0 Å². The molecule has 2 aromatic carbocycles. The first-order chi connectivity index (χ1) is 8.24. The number of hydrogen-bond donors (Lipinski definition) is 2. The van der Waals surface area contributed by atoms with Gasteiger partial charge in [-0.2, -0.15) is 0 Å². The van der Waals surface area contributed by atoms with Crippen LogP contribution in [0.4, 0.5) is 5.69 Å². The zero-order chi connectivity index (χ0) is 12.3. The Morgan fingerprint density at radius 3 is 2.41 bits per heavy atom. The first-order valence-corrected chi connectivity index (χ1v) is 5.32. The van der Waals surface area contributed by atoms with Crippen molar-refractivity contribution in [1.29, 1.82) is 0 Å². The second-order valence-corrected chi connectivity index (χ2v) is 3.73. The van der Waals surface area contributed by atoms with Crippen molar-refractivity contribution >= 4 is 11.5 Å². The van der Waals surface area contributed by atoms with Crippen LogP contribution in [-0.4, -0.2) is 10.9 Å². The van der Waals surface area contributed by atoms with Crippen LogP contribution in [-0.2, 0) is 6.61 Å². The Morgan fingerprint density at radius 1 is 1.06 bits per heavy atom. The van der Waals surface area contributed by atoms with Gasteiger partial charge in [0.15, 0.2) is 5.78 Å². The number of carbonyl (C=O) groups is 1. The van der Waals surface area contributed by atoms with E-state index >= 15 is 0 Å². The van der Waals surface area contributed by atoms with Gasteiger partial charge in [-0.05, 0) is 6.07 Å². The maximum absolute atomic E-state index is 12.2. The number of nitrogens with two attached hydrogens (primary N) is 1. The lowest BCUT2D eigenvalue weighted by Gasteiger charge is -2.08. The highest BCUT2D eigenvalue weighted by Crippen LogP contribution is 2.20. The molecule has 0 aliphatic heterocycles. The van der Waals surface area contributed by atoms with E-state index in [2.05, 4.69) is 0 Å². The van der Waals surface area contributed by atoms with E-state index in [1.807, 2.05) is 6.07 Å². The molecule has 0 saturated heterocycles. The largest absolute Gasteiger partial charge is 0.398 e. The van der Waals surface area contributed by atoms with E-state index in [9.17, 15) is 4.79 Å². The van der Waals surface area contributed by atoms with E-state index in [-0.39, 0.29) is 12.4 Å². The minimum Gasteiger partial charge on any atom is -0.398 e. The molecular formula is C14H13NO2. The standard InChI is InChI=1S/C14H13NO2/c15-13-11(9-16)7-4-8-12(13)14(17)10-5-2-1-3-6-10/h1-8,16H,9,15H2. The molecule has 0 atom stereocenters. The third-order valence-corrected chi connectivity index (χ3v) is 2.65. The molecule has 0 amide bonds. The van der Waals surface area contributed by atoms with E-state index < -0.39 is 0 Å². The molecule has 0 aliphatic carbocycles. The van der Waals surface area contributed by atoms with Crippen LogP contribution in [0.15, 0.2) is 48.5 Å². The molecule has 0 bridgehead atoms. The van der Waals surface area contributed by atoms with Gasteiger partial charge >= 0.3 is 0 Å². The molecule has 3 heteroatoms. The molecule has 0 radical (unpaired) electrons. The average Bonchev–Trinajstić information content (AvgIpc) is 2.39. The first-order valence-electron chi connectivity index (χ1n) is 5.32. The second-order valence-electron chi connectivity index (χ2n) is 3.73. The van der Waals surface area contributed by atoms with Gasteiger partial charge in [0.2, 0.25) is 0 Å². The van der Waals surface area contributed by atoms with E-state index in [1.165, 1.54) is 0 Å². The number of ketones is 1. The summed E-state index contributed by atoms with van der Waals surface area (Å²) in [6, 6.07) is 14.0. The number of nitrogen functional groups attached to an aromatic ring is 1. The van der Waals surface area contributed by atoms with E-state index in [0.29, 0.717) is 22.4 Å². The van der Waals surface area contributed by atoms with Crippen LogP contribution in [0.2, 0.25) is 0 Å². The topological polar surface area (TPSA) is 63.3 Å². The summed E-state index contributed by atoms with van der Waals surface area (Å²) < 4.78 is 0. The predicted molar refractivity (Wildman–Crippen MR) is 66.7 cm³/mol. The lowest BCUT2D eigenvalue weighted by Crippen LogP contribution is -2.07. The third kappa shape index (κ3) is 2.19. The lowest BCUT2D eigenvalue weighted by atomic mass is 9.99. The van der Waals surface area contributed by atoms with Crippen molar-refractivity contribution in [2.45, 2.75) is 6.61 Å². The Balaban J connectivity index is 2.45. The van der Waals surface area contributed by atoms with Gasteiger partial charge in [-0.15, -0.1) is 0 Å². The maximum Gasteiger partial charge on any atom is 0.195 e. The number of hydrogen-bond acceptors (Lipinski definition) is 3. The van der Waals surface area contributed by atoms with Crippen LogP contribution >= 0.6 is 0 Å². The molecule has 86 valence electrons. The van der Waals surface area contributed by atoms with Crippen molar-refractivity contribution in [1.82, 2.24) is 0 Å². The van der Waals surface area contributed by atoms with Gasteiger partial charge in [0, 0.05) is 22.4 Å². The Labute approximate surface area is 99.5 Å². The number of carbonyl (C=O) groups excluding carboxylic acids is 1. The summed E-state index contributed by atoms with van der Waals surface area (Å²) >= 11 is 0. The van der Waals surface area contributed by atoms with Crippen LogP contribution in [0.5, 0.6) is 0 Å². The Bertz CT molecular complexity index is 535. The Hall–Kier alpha value is -2.13. The van der Waals surface area contributed by atoms with Gasteiger partial charge < -0.3 is 10.8 Å². The fourth-order valence-corrected chi connectivity index (χ4v) is 1.69. The summed E-state index contributed by atoms with van der Waals surface area (Å²) in [5, 5.41) is 9.10. The van der Waals surface area contributed by atoms with Crippen molar-refractivity contribution in [3.63, 3.8) is 0 Å². The maximum atomic E-state index is 12.2. The number of aliphatic hydroxyl groups is 1. The molecule has 3 nitrogen and oxygen atoms in total. The monoisotopic (exact) mass is 227 g/mol. The minimum absolute atomic E-state index is 0.126. The zero-order valence-corrected chi connectivity index (χ0v) is 9.26. The molecule has 2 aromatic rings. The molecule has 0 spiro atoms. The number of para-hydroxylation sites is 1. The smallest absolute Gasteiger partial charge is 0.195 e. The number of anilines is 1. The van der Waals surface area contributed by atoms with Crippen molar-refractivity contribution < 1.29 is 9.90 Å². The van der Waals surface area contributed by atoms with Gasteiger partial charge in [-0.1, -0.05) is 42.5 Å². The highest BCUT2D eigenvalue weighted by atomic mass is 16.3. The molecule has 2 rings (SSSR count). The molecule has 0 heterocycles. The van der Waals surface area contributed by atoms with Crippen LogP contribution in [0.3, 0.4) is 0 Å². The quantitative estimate of drug-likeness (QED) is 0.622. The van der Waals surface area contributed by atoms with Gasteiger partial charge in [-0.3, -0.25) is 4.79 Å². The Kier molecular flexibility index (Phi) is 3.21. The molecule has 0 aliphatic rings. The normalized spacial score (nSPS) is 10.2. The predicted octanol–water partition coefficient (Wildman–Crippen LogP) is 1.99. The summed E-state index contributed by atoms with van der Waals surface area (Å²) in [5.74, 6) is -0.126. The molecular weight excluding hydrogens is 214 g/mol. The third-order valence-electron chi connectivity index (χ3n) is 2.65. The van der Waals surface area contributed by atoms with Crippen molar-refractivity contribution in [2.24, 2.45) is 0 Å². The van der Waals surface area contributed by atoms with Crippen LogP contribution < -0.4 is 5.73 Å². The number of benzene rings is 2. The summed E-state index contributed by atoms with van der Waals surface area (Å²) in [6.07, 6.45) is 0. The summed E-state index contributed by atoms with van der Waals surface area (Å²) in [7, 11) is 0.